The molecule has 1 aromatic carbocycles. The Kier molecular flexibility index (Phi) is 5.91. The topological polar surface area (TPSA) is 64.3 Å². The maximum absolute atomic E-state index is 13.1. The molecule has 6 nitrogen and oxygen atoms in total. The monoisotopic (exact) mass is 385 g/mol. The molecule has 27 heavy (non-hydrogen) atoms. The molecular formula is C20H23N3O3S. The van der Waals surface area contributed by atoms with Gasteiger partial charge in [-0.2, -0.15) is 0 Å². The number of carbonyl (C=O) groups is 1. The minimum Gasteiger partial charge on any atom is -0.342 e. The van der Waals surface area contributed by atoms with E-state index in [1.54, 1.807) is 40.5 Å². The van der Waals surface area contributed by atoms with Gasteiger partial charge in [0, 0.05) is 24.5 Å². The highest BCUT2D eigenvalue weighted by Gasteiger charge is 2.17. The molecule has 7 heteroatoms. The molecule has 0 unspecified atom stereocenters. The highest BCUT2D eigenvalue weighted by Crippen LogP contribution is 2.11. The summed E-state index contributed by atoms with van der Waals surface area (Å²) in [6.07, 6.45) is 0.606. The van der Waals surface area contributed by atoms with E-state index in [1.165, 1.54) is 9.13 Å². The first-order valence-electron chi connectivity index (χ1n) is 9.09. The zero-order chi connectivity index (χ0) is 19.4. The molecule has 0 bridgehead atoms. The van der Waals surface area contributed by atoms with Gasteiger partial charge in [0.1, 0.15) is 6.54 Å². The molecule has 3 aromatic rings. The Morgan fingerprint density at radius 3 is 2.44 bits per heavy atom. The quantitative estimate of drug-likeness (QED) is 0.627. The number of aromatic nitrogens is 2. The summed E-state index contributed by atoms with van der Waals surface area (Å²) < 4.78 is 2.67. The largest absolute Gasteiger partial charge is 0.342 e. The van der Waals surface area contributed by atoms with E-state index in [4.69, 9.17) is 0 Å². The number of hydrogen-bond donors (Lipinski definition) is 0. The van der Waals surface area contributed by atoms with E-state index >= 15 is 0 Å². The molecule has 142 valence electrons. The predicted octanol–water partition coefficient (Wildman–Crippen LogP) is 2.34. The molecule has 1 amide bonds. The van der Waals surface area contributed by atoms with Gasteiger partial charge in [-0.3, -0.25) is 18.7 Å². The molecule has 2 heterocycles. The number of para-hydroxylation sites is 1. The van der Waals surface area contributed by atoms with Crippen LogP contribution in [-0.2, 0) is 24.3 Å². The average Bonchev–Trinajstić information content (AvgIpc) is 3.19. The summed E-state index contributed by atoms with van der Waals surface area (Å²) in [6, 6.07) is 10.9. The van der Waals surface area contributed by atoms with E-state index < -0.39 is 5.69 Å². The molecule has 0 aliphatic carbocycles. The number of nitrogens with zero attached hydrogens (tertiary/aromatic N) is 3. The van der Waals surface area contributed by atoms with Gasteiger partial charge in [-0.25, -0.2) is 4.79 Å². The van der Waals surface area contributed by atoms with E-state index in [1.807, 2.05) is 31.4 Å². The van der Waals surface area contributed by atoms with Crippen LogP contribution in [0, 0.1) is 0 Å². The van der Waals surface area contributed by atoms with Crippen molar-refractivity contribution in [3.63, 3.8) is 0 Å². The maximum Gasteiger partial charge on any atom is 0.331 e. The predicted molar refractivity (Wildman–Crippen MR) is 108 cm³/mol. The van der Waals surface area contributed by atoms with Gasteiger partial charge in [0.25, 0.3) is 5.56 Å². The van der Waals surface area contributed by atoms with Crippen LogP contribution in [0.15, 0.2) is 51.4 Å². The van der Waals surface area contributed by atoms with Gasteiger partial charge in [-0.1, -0.05) is 18.2 Å². The van der Waals surface area contributed by atoms with Crippen molar-refractivity contribution >= 4 is 28.1 Å². The van der Waals surface area contributed by atoms with Crippen molar-refractivity contribution in [2.75, 3.05) is 13.1 Å². The Bertz CT molecular complexity index is 1050. The van der Waals surface area contributed by atoms with E-state index in [-0.39, 0.29) is 18.0 Å². The molecule has 0 atom stereocenters. The SMILES string of the molecule is CCN(CC)C(=O)Cn1c(=O)n(CCc2cccs2)c(=O)c2ccccc21. The fraction of sp³-hybridized carbons (Fsp3) is 0.350. The Balaban J connectivity index is 2.07. The summed E-state index contributed by atoms with van der Waals surface area (Å²) >= 11 is 1.60. The third-order valence-corrected chi connectivity index (χ3v) is 5.64. The normalized spacial score (nSPS) is 11.0. The van der Waals surface area contributed by atoms with E-state index in [0.717, 1.165) is 4.88 Å². The van der Waals surface area contributed by atoms with Gasteiger partial charge in [0.05, 0.1) is 10.9 Å². The van der Waals surface area contributed by atoms with Gasteiger partial charge < -0.3 is 4.90 Å². The molecular weight excluding hydrogens is 362 g/mol. The number of rotatable bonds is 7. The Labute approximate surface area is 161 Å². The van der Waals surface area contributed by atoms with Crippen LogP contribution in [0.5, 0.6) is 0 Å². The lowest BCUT2D eigenvalue weighted by Crippen LogP contribution is -2.43. The van der Waals surface area contributed by atoms with Gasteiger partial charge in [0.2, 0.25) is 5.91 Å². The number of thiophene rings is 1. The number of hydrogen-bond acceptors (Lipinski definition) is 4. The van der Waals surface area contributed by atoms with Crippen LogP contribution in [-0.4, -0.2) is 33.0 Å². The zero-order valence-electron chi connectivity index (χ0n) is 15.6. The molecule has 0 fully saturated rings. The summed E-state index contributed by atoms with van der Waals surface area (Å²) in [4.78, 5) is 41.3. The maximum atomic E-state index is 13.1. The van der Waals surface area contributed by atoms with Crippen LogP contribution in [0.2, 0.25) is 0 Å². The second-order valence-corrected chi connectivity index (χ2v) is 7.27. The minimum atomic E-state index is -0.434. The lowest BCUT2D eigenvalue weighted by atomic mass is 10.2. The highest BCUT2D eigenvalue weighted by molar-refractivity contribution is 7.09. The van der Waals surface area contributed by atoms with Crippen LogP contribution in [0.4, 0.5) is 0 Å². The number of carbonyl (C=O) groups excluding carboxylic acids is 1. The lowest BCUT2D eigenvalue weighted by molar-refractivity contribution is -0.131. The minimum absolute atomic E-state index is 0.0691. The number of fused-ring (bicyclic) bond motifs is 1. The molecule has 0 saturated carbocycles. The van der Waals surface area contributed by atoms with Crippen LogP contribution >= 0.6 is 11.3 Å². The van der Waals surface area contributed by atoms with Crippen molar-refractivity contribution in [2.45, 2.75) is 33.4 Å². The van der Waals surface area contributed by atoms with Gasteiger partial charge >= 0.3 is 5.69 Å². The zero-order valence-corrected chi connectivity index (χ0v) is 16.4. The van der Waals surface area contributed by atoms with Crippen molar-refractivity contribution in [3.05, 3.63) is 67.5 Å². The smallest absolute Gasteiger partial charge is 0.331 e. The molecule has 0 N–H and O–H groups in total. The van der Waals surface area contributed by atoms with Gasteiger partial charge in [0.15, 0.2) is 0 Å². The number of likely N-dealkylation sites (N-methyl/N-ethyl adjacent to an activating group) is 1. The van der Waals surface area contributed by atoms with Gasteiger partial charge in [-0.05, 0) is 43.8 Å². The third-order valence-electron chi connectivity index (χ3n) is 4.70. The summed E-state index contributed by atoms with van der Waals surface area (Å²) in [5.74, 6) is -0.129. The van der Waals surface area contributed by atoms with Crippen molar-refractivity contribution in [2.24, 2.45) is 0 Å². The summed E-state index contributed by atoms with van der Waals surface area (Å²) in [6.45, 7) is 5.21. The van der Waals surface area contributed by atoms with E-state index in [2.05, 4.69) is 0 Å². The first kappa shape index (κ1) is 19.1. The van der Waals surface area contributed by atoms with Crippen LogP contribution < -0.4 is 11.2 Å². The average molecular weight is 385 g/mol. The van der Waals surface area contributed by atoms with Crippen LogP contribution in [0.1, 0.15) is 18.7 Å². The summed E-state index contributed by atoms with van der Waals surface area (Å²) in [5, 5.41) is 2.43. The Morgan fingerprint density at radius 2 is 1.78 bits per heavy atom. The van der Waals surface area contributed by atoms with Crippen molar-refractivity contribution in [3.8, 4) is 0 Å². The van der Waals surface area contributed by atoms with E-state index in [9.17, 15) is 14.4 Å². The van der Waals surface area contributed by atoms with Gasteiger partial charge in [-0.15, -0.1) is 11.3 Å². The fourth-order valence-electron chi connectivity index (χ4n) is 3.21. The van der Waals surface area contributed by atoms with Crippen molar-refractivity contribution < 1.29 is 4.79 Å². The molecule has 0 aliphatic rings. The molecule has 0 saturated heterocycles. The Hall–Kier alpha value is -2.67. The first-order valence-corrected chi connectivity index (χ1v) is 9.97. The number of aryl methyl sites for hydroxylation is 1. The lowest BCUT2D eigenvalue weighted by Gasteiger charge is -2.20. The fourth-order valence-corrected chi connectivity index (χ4v) is 3.91. The second kappa shape index (κ2) is 8.35. The van der Waals surface area contributed by atoms with Crippen molar-refractivity contribution in [1.29, 1.82) is 0 Å². The Morgan fingerprint density at radius 1 is 1.04 bits per heavy atom. The standard InChI is InChI=1S/C20H23N3O3S/c1-3-21(4-2)18(24)14-23-17-10-6-5-9-16(17)19(25)22(20(23)26)12-11-15-8-7-13-27-15/h5-10,13H,3-4,11-12,14H2,1-2H3. The first-order chi connectivity index (χ1) is 13.1. The summed E-state index contributed by atoms with van der Waals surface area (Å²) in [7, 11) is 0. The number of amides is 1. The highest BCUT2D eigenvalue weighted by atomic mass is 32.1. The molecule has 0 aliphatic heterocycles. The van der Waals surface area contributed by atoms with Crippen LogP contribution in [0.3, 0.4) is 0 Å². The number of benzene rings is 1. The van der Waals surface area contributed by atoms with Crippen LogP contribution in [0.25, 0.3) is 10.9 Å². The second-order valence-electron chi connectivity index (χ2n) is 6.24. The summed E-state index contributed by atoms with van der Waals surface area (Å²) in [5.41, 5.74) is -0.241. The molecule has 0 spiro atoms. The molecule has 0 radical (unpaired) electrons. The molecule has 2 aromatic heterocycles. The van der Waals surface area contributed by atoms with Crippen molar-refractivity contribution in [1.82, 2.24) is 14.0 Å². The van der Waals surface area contributed by atoms with E-state index in [0.29, 0.717) is 37.0 Å². The molecule has 3 rings (SSSR count). The third kappa shape index (κ3) is 3.88.